The van der Waals surface area contributed by atoms with Crippen molar-refractivity contribution in [3.05, 3.63) is 53.2 Å². The number of hydrogen-bond donors (Lipinski definition) is 2. The van der Waals surface area contributed by atoms with Crippen LogP contribution in [0.2, 0.25) is 0 Å². The van der Waals surface area contributed by atoms with Gasteiger partial charge in [-0.2, -0.15) is 0 Å². The van der Waals surface area contributed by atoms with E-state index >= 15 is 0 Å². The van der Waals surface area contributed by atoms with Gasteiger partial charge in [0.25, 0.3) is 5.91 Å². The maximum Gasteiger partial charge on any atom is 0.253 e. The van der Waals surface area contributed by atoms with Crippen molar-refractivity contribution in [2.24, 2.45) is 4.99 Å². The van der Waals surface area contributed by atoms with Crippen molar-refractivity contribution >= 4 is 11.9 Å². The highest BCUT2D eigenvalue weighted by atomic mass is 16.4. The zero-order valence-corrected chi connectivity index (χ0v) is 19.1. The van der Waals surface area contributed by atoms with E-state index in [1.807, 2.05) is 49.9 Å². The quantitative estimate of drug-likeness (QED) is 0.509. The first-order chi connectivity index (χ1) is 14.3. The summed E-state index contributed by atoms with van der Waals surface area (Å²) in [6.07, 6.45) is 1.78. The van der Waals surface area contributed by atoms with Crippen LogP contribution in [0.3, 0.4) is 0 Å². The van der Waals surface area contributed by atoms with E-state index in [2.05, 4.69) is 41.4 Å². The number of carbonyl (C=O) groups is 1. The van der Waals surface area contributed by atoms with Gasteiger partial charge in [0.2, 0.25) is 5.89 Å². The summed E-state index contributed by atoms with van der Waals surface area (Å²) in [4.78, 5) is 23.2. The Bertz CT molecular complexity index is 830. The Kier molecular flexibility index (Phi) is 8.45. The van der Waals surface area contributed by atoms with Crippen LogP contribution >= 0.6 is 0 Å². The van der Waals surface area contributed by atoms with E-state index < -0.39 is 0 Å². The van der Waals surface area contributed by atoms with Crippen LogP contribution in [-0.4, -0.2) is 41.4 Å². The molecule has 2 rings (SSSR count). The van der Waals surface area contributed by atoms with Crippen molar-refractivity contribution in [3.63, 3.8) is 0 Å². The molecule has 0 fully saturated rings. The first-order valence-corrected chi connectivity index (χ1v) is 10.6. The summed E-state index contributed by atoms with van der Waals surface area (Å²) in [5.74, 6) is 2.24. The summed E-state index contributed by atoms with van der Waals surface area (Å²) in [7, 11) is 0. The fraction of sp³-hybridized carbons (Fsp3) is 0.522. The molecular weight excluding hydrogens is 378 g/mol. The smallest absolute Gasteiger partial charge is 0.253 e. The lowest BCUT2D eigenvalue weighted by Gasteiger charge is -2.18. The first kappa shape index (κ1) is 23.4. The van der Waals surface area contributed by atoms with E-state index in [0.717, 1.165) is 17.9 Å². The molecule has 2 N–H and O–H groups in total. The SMILES string of the molecule is CCNC(=NCc1ccc(C(=O)N(CC)CC)cc1)NCc1ncc(C(C)(C)C)o1. The van der Waals surface area contributed by atoms with Crippen LogP contribution in [0.25, 0.3) is 0 Å². The first-order valence-electron chi connectivity index (χ1n) is 10.6. The molecule has 7 nitrogen and oxygen atoms in total. The molecule has 30 heavy (non-hydrogen) atoms. The highest BCUT2D eigenvalue weighted by Gasteiger charge is 2.19. The number of guanidine groups is 1. The number of rotatable bonds is 8. The average Bonchev–Trinajstić information content (AvgIpc) is 3.21. The van der Waals surface area contributed by atoms with Crippen molar-refractivity contribution in [1.82, 2.24) is 20.5 Å². The minimum Gasteiger partial charge on any atom is -0.443 e. The van der Waals surface area contributed by atoms with Crippen molar-refractivity contribution in [2.45, 2.75) is 60.0 Å². The second-order valence-electron chi connectivity index (χ2n) is 8.09. The van der Waals surface area contributed by atoms with Crippen LogP contribution < -0.4 is 10.6 Å². The van der Waals surface area contributed by atoms with Crippen molar-refractivity contribution in [1.29, 1.82) is 0 Å². The van der Waals surface area contributed by atoms with Gasteiger partial charge in [-0.3, -0.25) is 4.79 Å². The number of amides is 1. The highest BCUT2D eigenvalue weighted by molar-refractivity contribution is 5.94. The maximum atomic E-state index is 12.4. The van der Waals surface area contributed by atoms with Gasteiger partial charge in [-0.05, 0) is 38.5 Å². The van der Waals surface area contributed by atoms with Gasteiger partial charge in [-0.15, -0.1) is 0 Å². The molecule has 0 unspecified atom stereocenters. The summed E-state index contributed by atoms with van der Waals surface area (Å²) < 4.78 is 5.82. The molecule has 0 aliphatic carbocycles. The van der Waals surface area contributed by atoms with Crippen LogP contribution in [0.4, 0.5) is 0 Å². The van der Waals surface area contributed by atoms with Crippen LogP contribution in [-0.2, 0) is 18.5 Å². The molecule has 0 atom stereocenters. The Labute approximate surface area is 180 Å². The molecule has 0 aliphatic heterocycles. The Morgan fingerprint density at radius 2 is 1.77 bits per heavy atom. The van der Waals surface area contributed by atoms with Gasteiger partial charge in [-0.25, -0.2) is 9.98 Å². The van der Waals surface area contributed by atoms with Gasteiger partial charge in [0.1, 0.15) is 5.76 Å². The topological polar surface area (TPSA) is 82.8 Å². The molecule has 1 aromatic carbocycles. The fourth-order valence-electron chi connectivity index (χ4n) is 2.86. The lowest BCUT2D eigenvalue weighted by molar-refractivity contribution is 0.0773. The summed E-state index contributed by atoms with van der Waals surface area (Å²) in [6, 6.07) is 7.64. The lowest BCUT2D eigenvalue weighted by atomic mass is 9.94. The minimum absolute atomic E-state index is 0.0608. The van der Waals surface area contributed by atoms with Gasteiger partial charge in [-0.1, -0.05) is 32.9 Å². The minimum atomic E-state index is -0.0668. The number of oxazole rings is 1. The lowest BCUT2D eigenvalue weighted by Crippen LogP contribution is -2.36. The summed E-state index contributed by atoms with van der Waals surface area (Å²) in [6.45, 7) is 15.4. The molecular formula is C23H35N5O2. The Morgan fingerprint density at radius 3 is 2.30 bits per heavy atom. The van der Waals surface area contributed by atoms with E-state index in [0.29, 0.717) is 43.6 Å². The Morgan fingerprint density at radius 1 is 1.10 bits per heavy atom. The molecule has 0 saturated heterocycles. The predicted octanol–water partition coefficient (Wildman–Crippen LogP) is 3.71. The molecule has 1 amide bonds. The molecule has 1 heterocycles. The molecule has 0 bridgehead atoms. The third-order valence-electron chi connectivity index (χ3n) is 4.72. The zero-order chi connectivity index (χ0) is 22.1. The van der Waals surface area contributed by atoms with Gasteiger partial charge >= 0.3 is 0 Å². The van der Waals surface area contributed by atoms with Crippen molar-refractivity contribution in [3.8, 4) is 0 Å². The van der Waals surface area contributed by atoms with E-state index in [1.165, 1.54) is 0 Å². The van der Waals surface area contributed by atoms with E-state index in [4.69, 9.17) is 4.42 Å². The van der Waals surface area contributed by atoms with Gasteiger partial charge in [0, 0.05) is 30.6 Å². The second kappa shape index (κ2) is 10.8. The largest absolute Gasteiger partial charge is 0.443 e. The number of benzene rings is 1. The van der Waals surface area contributed by atoms with Crippen molar-refractivity contribution in [2.75, 3.05) is 19.6 Å². The third kappa shape index (κ3) is 6.61. The maximum absolute atomic E-state index is 12.4. The van der Waals surface area contributed by atoms with Crippen LogP contribution in [0, 0.1) is 0 Å². The van der Waals surface area contributed by atoms with Crippen LogP contribution in [0.1, 0.15) is 69.1 Å². The number of nitrogens with zero attached hydrogens (tertiary/aromatic N) is 3. The van der Waals surface area contributed by atoms with Crippen LogP contribution in [0.5, 0.6) is 0 Å². The molecule has 7 heteroatoms. The number of hydrogen-bond acceptors (Lipinski definition) is 4. The number of aromatic nitrogens is 1. The van der Waals surface area contributed by atoms with Gasteiger partial charge < -0.3 is 20.0 Å². The number of carbonyl (C=O) groups excluding carboxylic acids is 1. The van der Waals surface area contributed by atoms with Gasteiger partial charge in [0.15, 0.2) is 5.96 Å². The highest BCUT2D eigenvalue weighted by Crippen LogP contribution is 2.22. The number of aliphatic imine (C=N–C) groups is 1. The van der Waals surface area contributed by atoms with Gasteiger partial charge in [0.05, 0.1) is 19.3 Å². The van der Waals surface area contributed by atoms with E-state index in [-0.39, 0.29) is 11.3 Å². The van der Waals surface area contributed by atoms with Crippen molar-refractivity contribution < 1.29 is 9.21 Å². The third-order valence-corrected chi connectivity index (χ3v) is 4.72. The molecule has 1 aromatic heterocycles. The predicted molar refractivity (Wildman–Crippen MR) is 121 cm³/mol. The van der Waals surface area contributed by atoms with E-state index in [1.54, 1.807) is 6.20 Å². The fourth-order valence-corrected chi connectivity index (χ4v) is 2.86. The molecule has 0 radical (unpaired) electrons. The van der Waals surface area contributed by atoms with Crippen LogP contribution in [0.15, 0.2) is 39.9 Å². The molecule has 2 aromatic rings. The summed E-state index contributed by atoms with van der Waals surface area (Å²) in [5.41, 5.74) is 1.67. The Balaban J connectivity index is 1.98. The molecule has 0 spiro atoms. The summed E-state index contributed by atoms with van der Waals surface area (Å²) >= 11 is 0. The Hall–Kier alpha value is -2.83. The standard InChI is InChI=1S/C23H35N5O2/c1-7-24-22(27-16-20-25-15-19(30-20)23(4,5)6)26-14-17-10-12-18(13-11-17)21(29)28(8-2)9-3/h10-13,15H,7-9,14,16H2,1-6H3,(H2,24,26,27). The zero-order valence-electron chi connectivity index (χ0n) is 19.1. The second-order valence-corrected chi connectivity index (χ2v) is 8.09. The average molecular weight is 414 g/mol. The normalized spacial score (nSPS) is 12.0. The number of nitrogens with one attached hydrogen (secondary N) is 2. The molecule has 0 aliphatic rings. The summed E-state index contributed by atoms with van der Waals surface area (Å²) in [5, 5.41) is 6.48. The molecule has 164 valence electrons. The van der Waals surface area contributed by atoms with E-state index in [9.17, 15) is 4.79 Å². The monoisotopic (exact) mass is 413 g/mol. The molecule has 0 saturated carbocycles.